The Morgan fingerprint density at radius 1 is 0.962 bits per heavy atom. The van der Waals surface area contributed by atoms with Gasteiger partial charge in [0, 0.05) is 23.5 Å². The molecule has 7 nitrogen and oxygen atoms in total. The second kappa shape index (κ2) is 7.98. The number of nitrogens with zero attached hydrogens (tertiary/aromatic N) is 2. The molecule has 0 aliphatic heterocycles. The van der Waals surface area contributed by atoms with Crippen molar-refractivity contribution >= 4 is 11.8 Å². The number of benzene rings is 2. The van der Waals surface area contributed by atoms with Gasteiger partial charge >= 0.3 is 0 Å². The first-order chi connectivity index (χ1) is 12.7. The quantitative estimate of drug-likeness (QED) is 0.692. The third kappa shape index (κ3) is 4.07. The van der Waals surface area contributed by atoms with Gasteiger partial charge in [0.25, 0.3) is 11.8 Å². The van der Waals surface area contributed by atoms with E-state index >= 15 is 0 Å². The Morgan fingerprint density at radius 3 is 2.04 bits per heavy atom. The first-order valence-corrected chi connectivity index (χ1v) is 8.11. The minimum Gasteiger partial charge on any atom is -0.494 e. The van der Waals surface area contributed by atoms with Crippen molar-refractivity contribution in [2.75, 3.05) is 6.61 Å². The van der Waals surface area contributed by atoms with Crippen molar-refractivity contribution in [2.45, 2.75) is 6.92 Å². The van der Waals surface area contributed by atoms with Crippen LogP contribution in [-0.4, -0.2) is 28.2 Å². The summed E-state index contributed by atoms with van der Waals surface area (Å²) < 4.78 is 7.02. The SMILES string of the molecule is CCOc1ccc(C(=O)NNC(=O)c2ccc(-n3cccn3)cc2)cc1. The zero-order valence-corrected chi connectivity index (χ0v) is 14.2. The van der Waals surface area contributed by atoms with Gasteiger partial charge in [-0.1, -0.05) is 0 Å². The molecular weight excluding hydrogens is 332 g/mol. The predicted molar refractivity (Wildman–Crippen MR) is 96.1 cm³/mol. The van der Waals surface area contributed by atoms with Crippen LogP contribution in [0.5, 0.6) is 5.75 Å². The van der Waals surface area contributed by atoms with Gasteiger partial charge in [-0.3, -0.25) is 20.4 Å². The van der Waals surface area contributed by atoms with Gasteiger partial charge < -0.3 is 4.74 Å². The smallest absolute Gasteiger partial charge is 0.269 e. The second-order valence-corrected chi connectivity index (χ2v) is 5.36. The highest BCUT2D eigenvalue weighted by atomic mass is 16.5. The summed E-state index contributed by atoms with van der Waals surface area (Å²) in [6.45, 7) is 2.44. The van der Waals surface area contributed by atoms with E-state index in [1.54, 1.807) is 59.4 Å². The summed E-state index contributed by atoms with van der Waals surface area (Å²) in [5.74, 6) is -0.129. The van der Waals surface area contributed by atoms with Crippen molar-refractivity contribution in [3.05, 3.63) is 78.1 Å². The van der Waals surface area contributed by atoms with Gasteiger partial charge in [0.15, 0.2) is 0 Å². The summed E-state index contributed by atoms with van der Waals surface area (Å²) in [5, 5.41) is 4.12. The monoisotopic (exact) mass is 350 g/mol. The van der Waals surface area contributed by atoms with Crippen LogP contribution in [0.1, 0.15) is 27.6 Å². The molecule has 26 heavy (non-hydrogen) atoms. The predicted octanol–water partition coefficient (Wildman–Crippen LogP) is 2.35. The Kier molecular flexibility index (Phi) is 5.28. The van der Waals surface area contributed by atoms with E-state index in [1.165, 1.54) is 0 Å². The number of carbonyl (C=O) groups excluding carboxylic acids is 2. The number of aromatic nitrogens is 2. The van der Waals surface area contributed by atoms with Crippen LogP contribution in [-0.2, 0) is 0 Å². The van der Waals surface area contributed by atoms with E-state index in [0.717, 1.165) is 5.69 Å². The highest BCUT2D eigenvalue weighted by Crippen LogP contribution is 2.12. The Labute approximate surface area is 150 Å². The molecule has 1 aromatic heterocycles. The normalized spacial score (nSPS) is 10.2. The lowest BCUT2D eigenvalue weighted by Gasteiger charge is -2.09. The highest BCUT2D eigenvalue weighted by molar-refractivity contribution is 5.99. The van der Waals surface area contributed by atoms with Gasteiger partial charge in [-0.15, -0.1) is 0 Å². The van der Waals surface area contributed by atoms with E-state index in [1.807, 2.05) is 19.2 Å². The van der Waals surface area contributed by atoms with Crippen molar-refractivity contribution in [1.82, 2.24) is 20.6 Å². The number of hydrogen-bond acceptors (Lipinski definition) is 4. The third-order valence-electron chi connectivity index (χ3n) is 3.62. The number of rotatable bonds is 5. The maximum absolute atomic E-state index is 12.1. The summed E-state index contributed by atoms with van der Waals surface area (Å²) >= 11 is 0. The molecule has 3 aromatic rings. The molecule has 2 amide bonds. The molecule has 132 valence electrons. The van der Waals surface area contributed by atoms with Crippen LogP contribution in [0, 0.1) is 0 Å². The molecule has 0 bridgehead atoms. The van der Waals surface area contributed by atoms with Crippen LogP contribution in [0.3, 0.4) is 0 Å². The largest absolute Gasteiger partial charge is 0.494 e. The second-order valence-electron chi connectivity index (χ2n) is 5.36. The van der Waals surface area contributed by atoms with Crippen LogP contribution in [0.15, 0.2) is 67.0 Å². The first kappa shape index (κ1) is 17.2. The Hall–Kier alpha value is -3.61. The van der Waals surface area contributed by atoms with Gasteiger partial charge in [0.05, 0.1) is 12.3 Å². The average molecular weight is 350 g/mol. The maximum Gasteiger partial charge on any atom is 0.269 e. The van der Waals surface area contributed by atoms with E-state index in [4.69, 9.17) is 4.74 Å². The zero-order chi connectivity index (χ0) is 18.4. The van der Waals surface area contributed by atoms with Crippen LogP contribution < -0.4 is 15.6 Å². The van der Waals surface area contributed by atoms with E-state index in [-0.39, 0.29) is 0 Å². The molecule has 2 aromatic carbocycles. The topological polar surface area (TPSA) is 85.3 Å². The van der Waals surface area contributed by atoms with Crippen LogP contribution in [0.25, 0.3) is 5.69 Å². The summed E-state index contributed by atoms with van der Waals surface area (Å²) in [4.78, 5) is 24.2. The van der Waals surface area contributed by atoms with Crippen LogP contribution >= 0.6 is 0 Å². The number of nitrogens with one attached hydrogen (secondary N) is 2. The molecule has 3 rings (SSSR count). The Bertz CT molecular complexity index is 872. The van der Waals surface area contributed by atoms with Gasteiger partial charge in [-0.2, -0.15) is 5.10 Å². The van der Waals surface area contributed by atoms with E-state index in [0.29, 0.717) is 23.5 Å². The number of ether oxygens (including phenoxy) is 1. The zero-order valence-electron chi connectivity index (χ0n) is 14.2. The minimum absolute atomic E-state index is 0.406. The van der Waals surface area contributed by atoms with E-state index in [2.05, 4.69) is 16.0 Å². The van der Waals surface area contributed by atoms with Crippen LogP contribution in [0.4, 0.5) is 0 Å². The number of carbonyl (C=O) groups is 2. The lowest BCUT2D eigenvalue weighted by atomic mass is 10.2. The fraction of sp³-hybridized carbons (Fsp3) is 0.105. The maximum atomic E-state index is 12.1. The van der Waals surface area contributed by atoms with Crippen LogP contribution in [0.2, 0.25) is 0 Å². The van der Waals surface area contributed by atoms with Crippen molar-refractivity contribution < 1.29 is 14.3 Å². The molecule has 0 saturated carbocycles. The molecule has 0 atom stereocenters. The molecule has 0 unspecified atom stereocenters. The summed E-state index contributed by atoms with van der Waals surface area (Å²) in [5.41, 5.74) is 6.47. The van der Waals surface area contributed by atoms with E-state index < -0.39 is 11.8 Å². The Morgan fingerprint density at radius 2 is 1.54 bits per heavy atom. The highest BCUT2D eigenvalue weighted by Gasteiger charge is 2.09. The van der Waals surface area contributed by atoms with Gasteiger partial charge in [-0.05, 0) is 61.5 Å². The number of hydrazine groups is 1. The lowest BCUT2D eigenvalue weighted by molar-refractivity contribution is 0.0846. The fourth-order valence-electron chi connectivity index (χ4n) is 2.31. The summed E-state index contributed by atoms with van der Waals surface area (Å²) in [7, 11) is 0. The summed E-state index contributed by atoms with van der Waals surface area (Å²) in [6.07, 6.45) is 3.49. The molecule has 2 N–H and O–H groups in total. The lowest BCUT2D eigenvalue weighted by Crippen LogP contribution is -2.41. The molecule has 0 aliphatic carbocycles. The molecular formula is C19H18N4O3. The van der Waals surface area contributed by atoms with Crippen molar-refractivity contribution in [3.63, 3.8) is 0 Å². The standard InChI is InChI=1S/C19H18N4O3/c1-2-26-17-10-6-15(7-11-17)19(25)22-21-18(24)14-4-8-16(9-5-14)23-13-3-12-20-23/h3-13H,2H2,1H3,(H,21,24)(H,22,25). The molecule has 0 fully saturated rings. The summed E-state index contributed by atoms with van der Waals surface area (Å²) in [6, 6.07) is 15.4. The number of hydrogen-bond donors (Lipinski definition) is 2. The van der Waals surface area contributed by atoms with Crippen molar-refractivity contribution in [3.8, 4) is 11.4 Å². The minimum atomic E-state index is -0.408. The van der Waals surface area contributed by atoms with E-state index in [9.17, 15) is 9.59 Å². The number of amides is 2. The average Bonchev–Trinajstić information content (AvgIpc) is 3.21. The molecule has 0 aliphatic rings. The molecule has 1 heterocycles. The Balaban J connectivity index is 1.57. The fourth-order valence-corrected chi connectivity index (χ4v) is 2.31. The van der Waals surface area contributed by atoms with Gasteiger partial charge in [0.2, 0.25) is 0 Å². The molecule has 0 spiro atoms. The molecule has 0 saturated heterocycles. The van der Waals surface area contributed by atoms with Crippen molar-refractivity contribution in [2.24, 2.45) is 0 Å². The van der Waals surface area contributed by atoms with Gasteiger partial charge in [0.1, 0.15) is 5.75 Å². The van der Waals surface area contributed by atoms with Gasteiger partial charge in [-0.25, -0.2) is 4.68 Å². The first-order valence-electron chi connectivity index (χ1n) is 8.11. The van der Waals surface area contributed by atoms with Crippen molar-refractivity contribution in [1.29, 1.82) is 0 Å². The molecule has 7 heteroatoms. The molecule has 0 radical (unpaired) electrons. The third-order valence-corrected chi connectivity index (χ3v) is 3.62.